The molecular weight excluding hydrogens is 469 g/mol. The summed E-state index contributed by atoms with van der Waals surface area (Å²) in [5.41, 5.74) is 0.0593. The van der Waals surface area contributed by atoms with Crippen LogP contribution in [0.5, 0.6) is 5.75 Å². The number of nitrogens with zero attached hydrogens (tertiary/aromatic N) is 2. The normalized spacial score (nSPS) is 16.3. The second kappa shape index (κ2) is 11.2. The number of carbonyl (C=O) groups is 2. The summed E-state index contributed by atoms with van der Waals surface area (Å²) in [5.74, 6) is 0.421. The fourth-order valence-electron chi connectivity index (χ4n) is 3.09. The number of carbonyl (C=O) groups excluding carboxylic acids is 1. The van der Waals surface area contributed by atoms with E-state index in [2.05, 4.69) is 10.3 Å². The molecule has 0 spiro atoms. The first-order valence-electron chi connectivity index (χ1n) is 9.33. The third kappa shape index (κ3) is 6.75. The van der Waals surface area contributed by atoms with Crippen LogP contribution < -0.4 is 10.1 Å². The van der Waals surface area contributed by atoms with Gasteiger partial charge in [-0.2, -0.15) is 0 Å². The zero-order valence-corrected chi connectivity index (χ0v) is 19.1. The van der Waals surface area contributed by atoms with Crippen LogP contribution >= 0.6 is 46.3 Å². The molecule has 2 aromatic rings. The molecule has 1 amide bonds. The number of thiazole rings is 1. The molecule has 1 saturated heterocycles. The van der Waals surface area contributed by atoms with Crippen LogP contribution in [0.2, 0.25) is 10.0 Å². The lowest BCUT2D eigenvalue weighted by Gasteiger charge is -2.25. The lowest BCUT2D eigenvalue weighted by molar-refractivity contribution is -0.128. The minimum absolute atomic E-state index is 0.0593. The fourth-order valence-corrected chi connectivity index (χ4v) is 5.40. The maximum absolute atomic E-state index is 12.2. The highest BCUT2D eigenvalue weighted by Gasteiger charge is 2.30. The predicted octanol–water partition coefficient (Wildman–Crippen LogP) is 3.90. The number of aromatic nitrogens is 1. The summed E-state index contributed by atoms with van der Waals surface area (Å²) in [6.07, 6.45) is 1.37. The van der Waals surface area contributed by atoms with Crippen LogP contribution in [-0.4, -0.2) is 64.9 Å². The van der Waals surface area contributed by atoms with E-state index in [-0.39, 0.29) is 17.6 Å². The van der Waals surface area contributed by atoms with Gasteiger partial charge in [0.25, 0.3) is 0 Å². The summed E-state index contributed by atoms with van der Waals surface area (Å²) in [4.78, 5) is 29.0. The van der Waals surface area contributed by atoms with Crippen molar-refractivity contribution < 1.29 is 19.4 Å². The van der Waals surface area contributed by atoms with Crippen molar-refractivity contribution in [2.45, 2.75) is 23.2 Å². The highest BCUT2D eigenvalue weighted by atomic mass is 35.5. The summed E-state index contributed by atoms with van der Waals surface area (Å²) in [6, 6.07) is 5.22. The Hall–Kier alpha value is -1.52. The van der Waals surface area contributed by atoms with Gasteiger partial charge in [0.15, 0.2) is 10.0 Å². The molecule has 1 fully saturated rings. The van der Waals surface area contributed by atoms with Crippen LogP contribution in [0.15, 0.2) is 27.9 Å². The van der Waals surface area contributed by atoms with Gasteiger partial charge in [0.05, 0.1) is 0 Å². The van der Waals surface area contributed by atoms with Crippen molar-refractivity contribution in [1.82, 2.24) is 15.2 Å². The molecule has 0 aliphatic carbocycles. The number of nitrogens with one attached hydrogen (secondary N) is 1. The Balaban J connectivity index is 1.37. The van der Waals surface area contributed by atoms with Gasteiger partial charge >= 0.3 is 5.97 Å². The molecule has 2 N–H and O–H groups in total. The van der Waals surface area contributed by atoms with Crippen molar-refractivity contribution >= 4 is 58.2 Å². The molecule has 1 atom stereocenters. The second-order valence-corrected chi connectivity index (χ2v) is 9.66. The number of halogens is 2. The van der Waals surface area contributed by atoms with Gasteiger partial charge in [-0.1, -0.05) is 35.0 Å². The lowest BCUT2D eigenvalue weighted by atomic mass is 10.2. The summed E-state index contributed by atoms with van der Waals surface area (Å²) in [7, 11) is 0. The van der Waals surface area contributed by atoms with Gasteiger partial charge in [0.2, 0.25) is 5.91 Å². The van der Waals surface area contributed by atoms with Crippen LogP contribution in [0.1, 0.15) is 23.3 Å². The Bertz CT molecular complexity index is 876. The molecule has 162 valence electrons. The molecule has 0 bridgehead atoms. The predicted molar refractivity (Wildman–Crippen MR) is 119 cm³/mol. The molecule has 3 rings (SSSR count). The molecule has 1 aromatic carbocycles. The van der Waals surface area contributed by atoms with Gasteiger partial charge in [-0.05, 0) is 24.6 Å². The van der Waals surface area contributed by atoms with Crippen molar-refractivity contribution in [3.8, 4) is 5.75 Å². The molecule has 11 heteroatoms. The SMILES string of the molecule is O=C(O)c1csc(SCCN2C(=O)CC[C@@H]2CNCCOc2cc(Cl)cc(Cl)c2)n1. The van der Waals surface area contributed by atoms with Crippen molar-refractivity contribution in [1.29, 1.82) is 0 Å². The van der Waals surface area contributed by atoms with E-state index in [0.717, 1.165) is 6.42 Å². The second-order valence-electron chi connectivity index (χ2n) is 6.59. The Labute approximate surface area is 192 Å². The molecule has 1 aliphatic rings. The minimum Gasteiger partial charge on any atom is -0.492 e. The monoisotopic (exact) mass is 489 g/mol. The van der Waals surface area contributed by atoms with Gasteiger partial charge in [-0.3, -0.25) is 4.79 Å². The van der Waals surface area contributed by atoms with Gasteiger partial charge in [0, 0.05) is 53.3 Å². The molecular formula is C19H21Cl2N3O4S2. The topological polar surface area (TPSA) is 91.8 Å². The molecule has 7 nitrogen and oxygen atoms in total. The zero-order chi connectivity index (χ0) is 21.5. The number of rotatable bonds is 11. The number of hydrogen-bond donors (Lipinski definition) is 2. The number of aromatic carboxylic acids is 1. The highest BCUT2D eigenvalue weighted by molar-refractivity contribution is 8.01. The number of hydrogen-bond acceptors (Lipinski definition) is 7. The molecule has 1 aromatic heterocycles. The smallest absolute Gasteiger partial charge is 0.355 e. The molecule has 2 heterocycles. The van der Waals surface area contributed by atoms with Gasteiger partial charge in [-0.25, -0.2) is 9.78 Å². The van der Waals surface area contributed by atoms with Crippen LogP contribution in [0.25, 0.3) is 0 Å². The quantitative estimate of drug-likeness (QED) is 0.365. The number of likely N-dealkylation sites (tertiary alicyclic amines) is 1. The fraction of sp³-hybridized carbons (Fsp3) is 0.421. The molecule has 0 radical (unpaired) electrons. The highest BCUT2D eigenvalue weighted by Crippen LogP contribution is 2.25. The van der Waals surface area contributed by atoms with Crippen LogP contribution in [0.4, 0.5) is 0 Å². The Morgan fingerprint density at radius 2 is 2.13 bits per heavy atom. The van der Waals surface area contributed by atoms with Crippen molar-refractivity contribution in [2.75, 3.05) is 32.0 Å². The Morgan fingerprint density at radius 1 is 1.37 bits per heavy atom. The van der Waals surface area contributed by atoms with E-state index in [9.17, 15) is 9.59 Å². The van der Waals surface area contributed by atoms with Gasteiger partial charge in [-0.15, -0.1) is 11.3 Å². The zero-order valence-electron chi connectivity index (χ0n) is 16.0. The van der Waals surface area contributed by atoms with Gasteiger partial charge < -0.3 is 20.1 Å². The van der Waals surface area contributed by atoms with Crippen LogP contribution in [-0.2, 0) is 4.79 Å². The van der Waals surface area contributed by atoms with E-state index in [1.54, 1.807) is 18.2 Å². The first kappa shape index (κ1) is 23.1. The van der Waals surface area contributed by atoms with Crippen molar-refractivity contribution in [3.63, 3.8) is 0 Å². The van der Waals surface area contributed by atoms with Crippen LogP contribution in [0, 0.1) is 0 Å². The third-order valence-corrected chi connectivity index (χ3v) is 6.91. The number of amides is 1. The van der Waals surface area contributed by atoms with Crippen molar-refractivity contribution in [3.05, 3.63) is 39.3 Å². The first-order chi connectivity index (χ1) is 14.4. The molecule has 1 aliphatic heterocycles. The van der Waals surface area contributed by atoms with E-state index >= 15 is 0 Å². The Morgan fingerprint density at radius 3 is 2.83 bits per heavy atom. The number of carboxylic acids is 1. The first-order valence-corrected chi connectivity index (χ1v) is 11.9. The lowest BCUT2D eigenvalue weighted by Crippen LogP contribution is -2.42. The minimum atomic E-state index is -1.03. The third-order valence-electron chi connectivity index (χ3n) is 4.48. The number of benzene rings is 1. The van der Waals surface area contributed by atoms with Crippen LogP contribution in [0.3, 0.4) is 0 Å². The molecule has 0 unspecified atom stereocenters. The summed E-state index contributed by atoms with van der Waals surface area (Å²) >= 11 is 14.7. The average molecular weight is 490 g/mol. The number of thioether (sulfide) groups is 1. The standard InChI is InChI=1S/C19H21Cl2N3O4S2/c20-12-7-13(21)9-15(8-12)28-5-3-22-10-14-1-2-17(25)24(14)4-6-29-19-23-16(11-30-19)18(26)27/h7-9,11,14,22H,1-6,10H2,(H,26,27)/t14-/m1/s1. The van der Waals surface area contributed by atoms with Gasteiger partial charge in [0.1, 0.15) is 12.4 Å². The average Bonchev–Trinajstić information content (AvgIpc) is 3.29. The molecule has 30 heavy (non-hydrogen) atoms. The van der Waals surface area contributed by atoms with E-state index in [1.807, 2.05) is 4.90 Å². The number of ether oxygens (including phenoxy) is 1. The Kier molecular flexibility index (Phi) is 8.64. The summed E-state index contributed by atoms with van der Waals surface area (Å²) in [6.45, 7) is 2.39. The maximum Gasteiger partial charge on any atom is 0.355 e. The summed E-state index contributed by atoms with van der Waals surface area (Å²) < 4.78 is 6.35. The van der Waals surface area contributed by atoms with E-state index in [0.29, 0.717) is 58.5 Å². The number of carboxylic acid groups (broad SMARTS) is 1. The van der Waals surface area contributed by atoms with Crippen molar-refractivity contribution in [2.24, 2.45) is 0 Å². The van der Waals surface area contributed by atoms with E-state index < -0.39 is 5.97 Å². The van der Waals surface area contributed by atoms with E-state index in [1.165, 1.54) is 28.5 Å². The van der Waals surface area contributed by atoms with E-state index in [4.69, 9.17) is 33.0 Å². The molecule has 0 saturated carbocycles. The maximum atomic E-state index is 12.2. The summed E-state index contributed by atoms with van der Waals surface area (Å²) in [5, 5.41) is 14.8. The largest absolute Gasteiger partial charge is 0.492 e.